The van der Waals surface area contributed by atoms with Gasteiger partial charge in [0.1, 0.15) is 5.60 Å². The van der Waals surface area contributed by atoms with Gasteiger partial charge >= 0.3 is 6.09 Å². The number of ether oxygens (including phenoxy) is 2. The van der Waals surface area contributed by atoms with Crippen LogP contribution in [0.2, 0.25) is 0 Å². The predicted molar refractivity (Wildman–Crippen MR) is 87.0 cm³/mol. The minimum absolute atomic E-state index is 0.255. The van der Waals surface area contributed by atoms with E-state index in [1.165, 1.54) is 0 Å². The van der Waals surface area contributed by atoms with Crippen molar-refractivity contribution in [3.63, 3.8) is 0 Å². The molecule has 2 N–H and O–H groups in total. The number of carbonyl (C=O) groups is 1. The normalized spacial score (nSPS) is 32.2. The molecule has 0 saturated heterocycles. The van der Waals surface area contributed by atoms with Crippen LogP contribution in [0.1, 0.15) is 66.2 Å². The number of amides is 1. The van der Waals surface area contributed by atoms with Gasteiger partial charge in [0, 0.05) is 24.7 Å². The summed E-state index contributed by atoms with van der Waals surface area (Å²) in [5, 5.41) is 6.72. The van der Waals surface area contributed by atoms with Gasteiger partial charge in [-0.1, -0.05) is 0 Å². The number of hydrogen-bond donors (Lipinski definition) is 2. The Morgan fingerprint density at radius 2 is 1.64 bits per heavy atom. The maximum atomic E-state index is 11.8. The zero-order chi connectivity index (χ0) is 16.2. The van der Waals surface area contributed by atoms with Crippen molar-refractivity contribution in [1.82, 2.24) is 10.6 Å². The Kier molecular flexibility index (Phi) is 6.09. The first-order chi connectivity index (χ1) is 10.4. The van der Waals surface area contributed by atoms with E-state index in [2.05, 4.69) is 17.6 Å². The van der Waals surface area contributed by atoms with E-state index >= 15 is 0 Å². The quantitative estimate of drug-likeness (QED) is 0.819. The lowest BCUT2D eigenvalue weighted by Crippen LogP contribution is -2.51. The Morgan fingerprint density at radius 3 is 2.18 bits per heavy atom. The van der Waals surface area contributed by atoms with Gasteiger partial charge < -0.3 is 20.1 Å². The summed E-state index contributed by atoms with van der Waals surface area (Å²) in [6.45, 7) is 8.54. The molecule has 0 aliphatic heterocycles. The van der Waals surface area contributed by atoms with Gasteiger partial charge in [-0.05, 0) is 66.2 Å². The molecule has 0 heterocycles. The third kappa shape index (κ3) is 5.76. The molecule has 1 amide bonds. The van der Waals surface area contributed by atoms with Crippen molar-refractivity contribution in [3.05, 3.63) is 0 Å². The first kappa shape index (κ1) is 17.5. The lowest BCUT2D eigenvalue weighted by molar-refractivity contribution is -0.0137. The average molecular weight is 312 g/mol. The molecule has 0 aromatic carbocycles. The van der Waals surface area contributed by atoms with Crippen LogP contribution in [0.15, 0.2) is 0 Å². The second kappa shape index (κ2) is 7.64. The Balaban J connectivity index is 1.59. The molecule has 2 saturated carbocycles. The van der Waals surface area contributed by atoms with Gasteiger partial charge in [0.05, 0.1) is 6.10 Å². The van der Waals surface area contributed by atoms with Gasteiger partial charge in [-0.2, -0.15) is 0 Å². The zero-order valence-corrected chi connectivity index (χ0v) is 14.5. The van der Waals surface area contributed by atoms with Crippen LogP contribution < -0.4 is 10.6 Å². The molecular weight excluding hydrogens is 280 g/mol. The molecule has 0 aromatic rings. The van der Waals surface area contributed by atoms with Gasteiger partial charge in [0.2, 0.25) is 0 Å². The van der Waals surface area contributed by atoms with Crippen molar-refractivity contribution in [2.45, 2.75) is 96.1 Å². The fourth-order valence-corrected chi connectivity index (χ4v) is 3.29. The van der Waals surface area contributed by atoms with Crippen LogP contribution in [-0.2, 0) is 9.47 Å². The Bertz CT molecular complexity index is 353. The zero-order valence-electron chi connectivity index (χ0n) is 14.5. The molecule has 0 aromatic heterocycles. The lowest BCUT2D eigenvalue weighted by Gasteiger charge is -2.40. The van der Waals surface area contributed by atoms with E-state index < -0.39 is 5.60 Å². The summed E-state index contributed by atoms with van der Waals surface area (Å²) in [6.07, 6.45) is 6.76. The van der Waals surface area contributed by atoms with Gasteiger partial charge in [-0.3, -0.25) is 0 Å². The van der Waals surface area contributed by atoms with E-state index in [0.717, 1.165) is 45.1 Å². The van der Waals surface area contributed by atoms with Crippen molar-refractivity contribution < 1.29 is 14.3 Å². The second-order valence-corrected chi connectivity index (χ2v) is 7.61. The first-order valence-electron chi connectivity index (χ1n) is 8.73. The van der Waals surface area contributed by atoms with E-state index in [0.29, 0.717) is 18.2 Å². The number of carbonyl (C=O) groups excluding carboxylic acids is 1. The fraction of sp³-hybridized carbons (Fsp3) is 0.941. The molecule has 0 bridgehead atoms. The standard InChI is InChI=1S/C17H32N2O3/c1-5-21-15-10-14(11-15)18-12-6-8-13(9-7-12)19-16(20)22-17(2,3)4/h12-15,18H,5-11H2,1-4H3,(H,19,20). The molecule has 5 heteroatoms. The SMILES string of the molecule is CCOC1CC(NC2CCC(NC(=O)OC(C)(C)C)CC2)C1. The van der Waals surface area contributed by atoms with Crippen LogP contribution >= 0.6 is 0 Å². The number of alkyl carbamates (subject to hydrolysis) is 1. The van der Waals surface area contributed by atoms with Crippen molar-refractivity contribution in [2.75, 3.05) is 6.61 Å². The van der Waals surface area contributed by atoms with Crippen molar-refractivity contribution in [1.29, 1.82) is 0 Å². The second-order valence-electron chi connectivity index (χ2n) is 7.61. The maximum absolute atomic E-state index is 11.8. The van der Waals surface area contributed by atoms with Gasteiger partial charge in [0.25, 0.3) is 0 Å². The summed E-state index contributed by atoms with van der Waals surface area (Å²) < 4.78 is 10.9. The summed E-state index contributed by atoms with van der Waals surface area (Å²) in [4.78, 5) is 11.8. The molecule has 0 spiro atoms. The molecule has 2 rings (SSSR count). The number of rotatable bonds is 5. The molecule has 2 fully saturated rings. The average Bonchev–Trinajstić information content (AvgIpc) is 2.36. The van der Waals surface area contributed by atoms with Crippen LogP contribution in [-0.4, -0.2) is 42.5 Å². The molecule has 5 nitrogen and oxygen atoms in total. The van der Waals surface area contributed by atoms with E-state index in [-0.39, 0.29) is 12.1 Å². The predicted octanol–water partition coefficient (Wildman–Crippen LogP) is 2.98. The third-order valence-electron chi connectivity index (χ3n) is 4.42. The molecule has 128 valence electrons. The van der Waals surface area contributed by atoms with Crippen LogP contribution in [0.4, 0.5) is 4.79 Å². The molecule has 0 radical (unpaired) electrons. The van der Waals surface area contributed by atoms with Crippen LogP contribution in [0.5, 0.6) is 0 Å². The van der Waals surface area contributed by atoms with Crippen LogP contribution in [0.25, 0.3) is 0 Å². The lowest BCUT2D eigenvalue weighted by atomic mass is 9.85. The van der Waals surface area contributed by atoms with E-state index in [9.17, 15) is 4.79 Å². The highest BCUT2D eigenvalue weighted by atomic mass is 16.6. The largest absolute Gasteiger partial charge is 0.444 e. The highest BCUT2D eigenvalue weighted by Crippen LogP contribution is 2.26. The number of hydrogen-bond acceptors (Lipinski definition) is 4. The van der Waals surface area contributed by atoms with Gasteiger partial charge in [-0.25, -0.2) is 4.79 Å². The molecule has 2 aliphatic rings. The summed E-state index contributed by atoms with van der Waals surface area (Å²) in [7, 11) is 0. The highest BCUT2D eigenvalue weighted by Gasteiger charge is 2.32. The summed E-state index contributed by atoms with van der Waals surface area (Å²) >= 11 is 0. The molecule has 0 unspecified atom stereocenters. The number of nitrogens with one attached hydrogen (secondary N) is 2. The molecular formula is C17H32N2O3. The smallest absolute Gasteiger partial charge is 0.407 e. The van der Waals surface area contributed by atoms with E-state index in [1.54, 1.807) is 0 Å². The van der Waals surface area contributed by atoms with Gasteiger partial charge in [0.15, 0.2) is 0 Å². The highest BCUT2D eigenvalue weighted by molar-refractivity contribution is 5.68. The summed E-state index contributed by atoms with van der Waals surface area (Å²) in [6, 6.07) is 1.46. The van der Waals surface area contributed by atoms with E-state index in [1.807, 2.05) is 20.8 Å². The molecule has 2 aliphatic carbocycles. The minimum atomic E-state index is -0.426. The summed E-state index contributed by atoms with van der Waals surface area (Å²) in [5.41, 5.74) is -0.426. The third-order valence-corrected chi connectivity index (χ3v) is 4.42. The summed E-state index contributed by atoms with van der Waals surface area (Å²) in [5.74, 6) is 0. The Hall–Kier alpha value is -0.810. The van der Waals surface area contributed by atoms with E-state index in [4.69, 9.17) is 9.47 Å². The Morgan fingerprint density at radius 1 is 1.05 bits per heavy atom. The van der Waals surface area contributed by atoms with Crippen molar-refractivity contribution in [3.8, 4) is 0 Å². The Labute approximate surface area is 134 Å². The molecule has 22 heavy (non-hydrogen) atoms. The first-order valence-corrected chi connectivity index (χ1v) is 8.73. The van der Waals surface area contributed by atoms with Crippen LogP contribution in [0, 0.1) is 0 Å². The monoisotopic (exact) mass is 312 g/mol. The fourth-order valence-electron chi connectivity index (χ4n) is 3.29. The van der Waals surface area contributed by atoms with Gasteiger partial charge in [-0.15, -0.1) is 0 Å². The maximum Gasteiger partial charge on any atom is 0.407 e. The topological polar surface area (TPSA) is 59.6 Å². The van der Waals surface area contributed by atoms with Crippen LogP contribution in [0.3, 0.4) is 0 Å². The molecule has 0 atom stereocenters. The van der Waals surface area contributed by atoms with Crippen molar-refractivity contribution >= 4 is 6.09 Å². The minimum Gasteiger partial charge on any atom is -0.444 e. The van der Waals surface area contributed by atoms with Crippen molar-refractivity contribution in [2.24, 2.45) is 0 Å².